The predicted octanol–water partition coefficient (Wildman–Crippen LogP) is 7.03. The molecule has 4 nitrogen and oxygen atoms in total. The van der Waals surface area contributed by atoms with Gasteiger partial charge in [-0.2, -0.15) is 5.48 Å². The van der Waals surface area contributed by atoms with Crippen molar-refractivity contribution in [2.45, 2.75) is 25.3 Å². The van der Waals surface area contributed by atoms with Gasteiger partial charge in [0.2, 0.25) is 0 Å². The summed E-state index contributed by atoms with van der Waals surface area (Å²) in [7, 11) is 0. The average Bonchev–Trinajstić information content (AvgIpc) is 2.68. The summed E-state index contributed by atoms with van der Waals surface area (Å²) in [5.41, 5.74) is 5.33. The number of nitrogens with zero attached hydrogens (tertiary/aromatic N) is 1. The zero-order chi connectivity index (χ0) is 20.3. The maximum atomic E-state index is 9.83. The van der Waals surface area contributed by atoms with Crippen molar-refractivity contribution in [3.63, 3.8) is 0 Å². The van der Waals surface area contributed by atoms with Crippen molar-refractivity contribution in [3.8, 4) is 0 Å². The SMILES string of the molecule is O/N=C1/C(=C/c2ccc(Cl)c(Cl)c2)CCCC1C(NO)c1ccc(Cl)c(Cl)c1. The summed E-state index contributed by atoms with van der Waals surface area (Å²) in [5, 5.41) is 24.9. The van der Waals surface area contributed by atoms with E-state index in [2.05, 4.69) is 10.6 Å². The van der Waals surface area contributed by atoms with Crippen LogP contribution < -0.4 is 5.48 Å². The molecule has 2 atom stereocenters. The van der Waals surface area contributed by atoms with Gasteiger partial charge in [-0.3, -0.25) is 0 Å². The second-order valence-corrected chi connectivity index (χ2v) is 8.24. The van der Waals surface area contributed by atoms with Crippen LogP contribution >= 0.6 is 46.4 Å². The van der Waals surface area contributed by atoms with Crippen LogP contribution in [0.25, 0.3) is 6.08 Å². The number of hydroxylamine groups is 1. The van der Waals surface area contributed by atoms with E-state index in [0.717, 1.165) is 36.0 Å². The molecule has 1 aliphatic carbocycles. The molecule has 0 aromatic heterocycles. The molecule has 8 heteroatoms. The van der Waals surface area contributed by atoms with Gasteiger partial charge in [0.25, 0.3) is 0 Å². The van der Waals surface area contributed by atoms with Crippen LogP contribution in [0.2, 0.25) is 20.1 Å². The number of nitrogens with one attached hydrogen (secondary N) is 1. The molecule has 2 aromatic carbocycles. The van der Waals surface area contributed by atoms with Crippen molar-refractivity contribution < 1.29 is 10.4 Å². The van der Waals surface area contributed by atoms with E-state index in [0.29, 0.717) is 25.8 Å². The van der Waals surface area contributed by atoms with Crippen LogP contribution in [0.4, 0.5) is 0 Å². The summed E-state index contributed by atoms with van der Waals surface area (Å²) >= 11 is 24.2. The average molecular weight is 460 g/mol. The van der Waals surface area contributed by atoms with Crippen LogP contribution in [0.15, 0.2) is 47.1 Å². The normalized spacial score (nSPS) is 21.2. The smallest absolute Gasteiger partial charge is 0.0878 e. The Labute approximate surface area is 183 Å². The van der Waals surface area contributed by atoms with Crippen molar-refractivity contribution in [1.29, 1.82) is 0 Å². The van der Waals surface area contributed by atoms with Gasteiger partial charge in [0.05, 0.1) is 31.8 Å². The van der Waals surface area contributed by atoms with E-state index in [-0.39, 0.29) is 5.92 Å². The summed E-state index contributed by atoms with van der Waals surface area (Å²) in [6, 6.07) is 9.99. The van der Waals surface area contributed by atoms with Gasteiger partial charge in [-0.1, -0.05) is 63.7 Å². The van der Waals surface area contributed by atoms with Gasteiger partial charge in [0.15, 0.2) is 0 Å². The largest absolute Gasteiger partial charge is 0.411 e. The second-order valence-electron chi connectivity index (χ2n) is 6.61. The first kappa shape index (κ1) is 21.4. The molecule has 0 amide bonds. The van der Waals surface area contributed by atoms with E-state index in [1.54, 1.807) is 30.3 Å². The molecular weight excluding hydrogens is 442 g/mol. The van der Waals surface area contributed by atoms with Gasteiger partial charge in [-0.15, -0.1) is 0 Å². The first-order valence-electron chi connectivity index (χ1n) is 8.67. The summed E-state index contributed by atoms with van der Waals surface area (Å²) < 4.78 is 0. The Balaban J connectivity index is 1.95. The molecule has 2 unspecified atom stereocenters. The lowest BCUT2D eigenvalue weighted by Crippen LogP contribution is -2.34. The maximum absolute atomic E-state index is 9.83. The minimum Gasteiger partial charge on any atom is -0.411 e. The van der Waals surface area contributed by atoms with Gasteiger partial charge in [-0.25, -0.2) is 0 Å². The van der Waals surface area contributed by atoms with Gasteiger partial charge < -0.3 is 10.4 Å². The zero-order valence-corrected chi connectivity index (χ0v) is 17.7. The van der Waals surface area contributed by atoms with E-state index in [1.807, 2.05) is 12.1 Å². The maximum Gasteiger partial charge on any atom is 0.0878 e. The van der Waals surface area contributed by atoms with E-state index in [9.17, 15) is 10.4 Å². The molecule has 1 fully saturated rings. The first-order chi connectivity index (χ1) is 13.4. The molecule has 2 aromatic rings. The minimum atomic E-state index is -0.502. The molecule has 0 aliphatic heterocycles. The molecule has 28 heavy (non-hydrogen) atoms. The lowest BCUT2D eigenvalue weighted by molar-refractivity contribution is 0.106. The van der Waals surface area contributed by atoms with Crippen LogP contribution in [0.3, 0.4) is 0 Å². The van der Waals surface area contributed by atoms with Crippen molar-refractivity contribution in [1.82, 2.24) is 5.48 Å². The molecular formula is C20H18Cl4N2O2. The third-order valence-electron chi connectivity index (χ3n) is 4.88. The topological polar surface area (TPSA) is 64.9 Å². The molecule has 1 aliphatic rings. The van der Waals surface area contributed by atoms with Gasteiger partial charge in [0, 0.05) is 5.92 Å². The van der Waals surface area contributed by atoms with Crippen LogP contribution in [-0.4, -0.2) is 16.1 Å². The second kappa shape index (κ2) is 9.49. The molecule has 3 N–H and O–H groups in total. The summed E-state index contributed by atoms with van der Waals surface area (Å²) in [5.74, 6) is -0.255. The fraction of sp³-hybridized carbons (Fsp3) is 0.250. The van der Waals surface area contributed by atoms with Crippen molar-refractivity contribution in [2.24, 2.45) is 11.1 Å². The minimum absolute atomic E-state index is 0.255. The highest BCUT2D eigenvalue weighted by molar-refractivity contribution is 6.42. The Morgan fingerprint density at radius 1 is 1.00 bits per heavy atom. The third-order valence-corrected chi connectivity index (χ3v) is 6.36. The molecule has 148 valence electrons. The van der Waals surface area contributed by atoms with Crippen LogP contribution in [0.5, 0.6) is 0 Å². The summed E-state index contributed by atoms with van der Waals surface area (Å²) in [4.78, 5) is 0. The molecule has 0 heterocycles. The number of oxime groups is 1. The number of benzene rings is 2. The Hall–Kier alpha value is -1.27. The molecule has 0 radical (unpaired) electrons. The standard InChI is InChI=1S/C20H18Cl4N2O2/c21-15-6-4-11(9-17(15)23)8-12-2-1-3-14(19(12)25-27)20(26-28)13-5-7-16(22)18(24)10-13/h4-10,14,20,26-28H,1-3H2/b12-8+,25-19-. The number of hydrogen-bond acceptors (Lipinski definition) is 4. The fourth-order valence-corrected chi connectivity index (χ4v) is 4.14. The zero-order valence-electron chi connectivity index (χ0n) is 14.7. The molecule has 1 saturated carbocycles. The van der Waals surface area contributed by atoms with Gasteiger partial charge in [0.1, 0.15) is 0 Å². The van der Waals surface area contributed by atoms with Crippen molar-refractivity contribution in [2.75, 3.05) is 0 Å². The summed E-state index contributed by atoms with van der Waals surface area (Å²) in [6.07, 6.45) is 4.27. The molecule has 0 bridgehead atoms. The van der Waals surface area contributed by atoms with Crippen LogP contribution in [0.1, 0.15) is 36.4 Å². The van der Waals surface area contributed by atoms with Crippen LogP contribution in [-0.2, 0) is 0 Å². The van der Waals surface area contributed by atoms with E-state index in [1.165, 1.54) is 0 Å². The Morgan fingerprint density at radius 2 is 1.68 bits per heavy atom. The number of rotatable bonds is 4. The third kappa shape index (κ3) is 4.65. The van der Waals surface area contributed by atoms with Crippen molar-refractivity contribution >= 4 is 58.2 Å². The highest BCUT2D eigenvalue weighted by Gasteiger charge is 2.33. The molecule has 3 rings (SSSR count). The molecule has 0 spiro atoms. The monoisotopic (exact) mass is 458 g/mol. The Morgan fingerprint density at radius 3 is 2.29 bits per heavy atom. The fourth-order valence-electron chi connectivity index (χ4n) is 3.53. The highest BCUT2D eigenvalue weighted by Crippen LogP contribution is 2.38. The lowest BCUT2D eigenvalue weighted by Gasteiger charge is -2.32. The van der Waals surface area contributed by atoms with E-state index in [4.69, 9.17) is 46.4 Å². The van der Waals surface area contributed by atoms with E-state index < -0.39 is 6.04 Å². The quantitative estimate of drug-likeness (QED) is 0.339. The Kier molecular flexibility index (Phi) is 7.26. The summed E-state index contributed by atoms with van der Waals surface area (Å²) in [6.45, 7) is 0. The highest BCUT2D eigenvalue weighted by atomic mass is 35.5. The predicted molar refractivity (Wildman–Crippen MR) is 115 cm³/mol. The number of halogens is 4. The van der Waals surface area contributed by atoms with E-state index >= 15 is 0 Å². The Bertz CT molecular complexity index is 930. The number of hydrogen-bond donors (Lipinski definition) is 3. The van der Waals surface area contributed by atoms with Gasteiger partial charge >= 0.3 is 0 Å². The van der Waals surface area contributed by atoms with Gasteiger partial charge in [-0.05, 0) is 66.3 Å². The molecule has 0 saturated heterocycles. The van der Waals surface area contributed by atoms with Crippen LogP contribution in [0, 0.1) is 5.92 Å². The lowest BCUT2D eigenvalue weighted by atomic mass is 9.77. The number of allylic oxidation sites excluding steroid dienone is 1. The first-order valence-corrected chi connectivity index (χ1v) is 10.2. The van der Waals surface area contributed by atoms with Crippen molar-refractivity contribution in [3.05, 3.63) is 73.2 Å².